The van der Waals surface area contributed by atoms with Gasteiger partial charge >= 0.3 is 0 Å². The standard InChI is InChI=1S/C14H14BrN3O/c15-11-5-1-9(2-6-11)7-14(19)16-13-8-12(17-18-13)10-3-4-10/h1-2,5-6,8,10H,3-4,7H2,(H2,16,17,18,19). The molecule has 1 saturated carbocycles. The van der Waals surface area contributed by atoms with E-state index in [1.54, 1.807) is 0 Å². The lowest BCUT2D eigenvalue weighted by molar-refractivity contribution is -0.115. The molecular weight excluding hydrogens is 306 g/mol. The number of nitrogens with zero attached hydrogens (tertiary/aromatic N) is 1. The summed E-state index contributed by atoms with van der Waals surface area (Å²) in [5, 5.41) is 9.90. The first-order valence-corrected chi connectivity index (χ1v) is 7.09. The summed E-state index contributed by atoms with van der Waals surface area (Å²) in [4.78, 5) is 11.9. The molecule has 0 bridgehead atoms. The highest BCUT2D eigenvalue weighted by Gasteiger charge is 2.25. The molecule has 0 radical (unpaired) electrons. The topological polar surface area (TPSA) is 57.8 Å². The Morgan fingerprint density at radius 2 is 2.11 bits per heavy atom. The van der Waals surface area contributed by atoms with Crippen LogP contribution >= 0.6 is 15.9 Å². The van der Waals surface area contributed by atoms with Gasteiger partial charge in [-0.3, -0.25) is 9.89 Å². The first kappa shape index (κ1) is 12.4. The average Bonchev–Trinajstić information content (AvgIpc) is 3.14. The van der Waals surface area contributed by atoms with Gasteiger partial charge in [-0.05, 0) is 30.5 Å². The van der Waals surface area contributed by atoms with Crippen molar-refractivity contribution in [1.29, 1.82) is 0 Å². The van der Waals surface area contributed by atoms with Gasteiger partial charge in [0.15, 0.2) is 5.82 Å². The van der Waals surface area contributed by atoms with E-state index in [-0.39, 0.29) is 5.91 Å². The molecule has 1 aromatic carbocycles. The second kappa shape index (κ2) is 5.17. The Bertz CT molecular complexity index is 587. The van der Waals surface area contributed by atoms with Crippen LogP contribution in [0.3, 0.4) is 0 Å². The fourth-order valence-corrected chi connectivity index (χ4v) is 2.24. The predicted molar refractivity (Wildman–Crippen MR) is 77.0 cm³/mol. The first-order valence-electron chi connectivity index (χ1n) is 6.30. The summed E-state index contributed by atoms with van der Waals surface area (Å²) < 4.78 is 1.01. The summed E-state index contributed by atoms with van der Waals surface area (Å²) >= 11 is 3.37. The van der Waals surface area contributed by atoms with Crippen molar-refractivity contribution in [3.63, 3.8) is 0 Å². The van der Waals surface area contributed by atoms with E-state index < -0.39 is 0 Å². The average molecular weight is 320 g/mol. The lowest BCUT2D eigenvalue weighted by Gasteiger charge is -2.02. The van der Waals surface area contributed by atoms with Gasteiger partial charge in [0, 0.05) is 22.2 Å². The number of aromatic amines is 1. The van der Waals surface area contributed by atoms with E-state index in [1.165, 1.54) is 12.8 Å². The molecule has 0 atom stereocenters. The number of H-pyrrole nitrogens is 1. The van der Waals surface area contributed by atoms with Crippen LogP contribution in [0.1, 0.15) is 30.0 Å². The van der Waals surface area contributed by atoms with Gasteiger partial charge in [0.2, 0.25) is 5.91 Å². The number of carbonyl (C=O) groups excluding carboxylic acids is 1. The molecule has 1 heterocycles. The summed E-state index contributed by atoms with van der Waals surface area (Å²) in [5.74, 6) is 1.19. The third kappa shape index (κ3) is 3.23. The Kier molecular flexibility index (Phi) is 3.38. The highest BCUT2D eigenvalue weighted by molar-refractivity contribution is 9.10. The smallest absolute Gasteiger partial charge is 0.229 e. The largest absolute Gasteiger partial charge is 0.309 e. The predicted octanol–water partition coefficient (Wildman–Crippen LogP) is 3.23. The fraction of sp³-hybridized carbons (Fsp3) is 0.286. The molecule has 0 saturated heterocycles. The zero-order valence-electron chi connectivity index (χ0n) is 10.3. The van der Waals surface area contributed by atoms with Crippen LogP contribution in [-0.2, 0) is 11.2 Å². The SMILES string of the molecule is O=C(Cc1ccc(Br)cc1)Nc1cc(C2CC2)[nH]n1. The third-order valence-corrected chi connectivity index (χ3v) is 3.69. The van der Waals surface area contributed by atoms with Gasteiger partial charge in [0.05, 0.1) is 6.42 Å². The number of rotatable bonds is 4. The van der Waals surface area contributed by atoms with E-state index in [4.69, 9.17) is 0 Å². The van der Waals surface area contributed by atoms with Crippen LogP contribution in [0.2, 0.25) is 0 Å². The molecule has 2 aromatic rings. The van der Waals surface area contributed by atoms with Crippen LogP contribution in [0, 0.1) is 0 Å². The molecule has 0 unspecified atom stereocenters. The van der Waals surface area contributed by atoms with Crippen molar-refractivity contribution in [2.75, 3.05) is 5.32 Å². The van der Waals surface area contributed by atoms with Crippen molar-refractivity contribution in [2.24, 2.45) is 0 Å². The fourth-order valence-electron chi connectivity index (χ4n) is 1.98. The Morgan fingerprint density at radius 3 is 2.79 bits per heavy atom. The number of carbonyl (C=O) groups is 1. The van der Waals surface area contributed by atoms with Crippen LogP contribution < -0.4 is 5.32 Å². The van der Waals surface area contributed by atoms with Crippen molar-refractivity contribution in [3.05, 3.63) is 46.1 Å². The number of amides is 1. The Labute approximate surface area is 119 Å². The van der Waals surface area contributed by atoms with Crippen LogP contribution in [-0.4, -0.2) is 16.1 Å². The number of aromatic nitrogens is 2. The summed E-state index contributed by atoms with van der Waals surface area (Å²) in [6.45, 7) is 0. The van der Waals surface area contributed by atoms with Crippen LogP contribution in [0.25, 0.3) is 0 Å². The van der Waals surface area contributed by atoms with Gasteiger partial charge in [-0.25, -0.2) is 0 Å². The van der Waals surface area contributed by atoms with Gasteiger partial charge in [-0.2, -0.15) is 5.10 Å². The number of benzene rings is 1. The summed E-state index contributed by atoms with van der Waals surface area (Å²) in [6.07, 6.45) is 2.79. The van der Waals surface area contributed by atoms with Crippen molar-refractivity contribution in [1.82, 2.24) is 10.2 Å². The normalized spacial score (nSPS) is 14.4. The highest BCUT2D eigenvalue weighted by atomic mass is 79.9. The van der Waals surface area contributed by atoms with Gasteiger partial charge < -0.3 is 5.32 Å². The van der Waals surface area contributed by atoms with E-state index in [1.807, 2.05) is 30.3 Å². The van der Waals surface area contributed by atoms with Crippen molar-refractivity contribution in [2.45, 2.75) is 25.2 Å². The quantitative estimate of drug-likeness (QED) is 0.909. The van der Waals surface area contributed by atoms with Gasteiger partial charge in [0.1, 0.15) is 0 Å². The van der Waals surface area contributed by atoms with E-state index >= 15 is 0 Å². The van der Waals surface area contributed by atoms with Gasteiger partial charge in [-0.1, -0.05) is 28.1 Å². The van der Waals surface area contributed by atoms with Crippen LogP contribution in [0.15, 0.2) is 34.8 Å². The molecule has 19 heavy (non-hydrogen) atoms. The summed E-state index contributed by atoms with van der Waals surface area (Å²) in [7, 11) is 0. The number of anilines is 1. The molecule has 0 aliphatic heterocycles. The molecule has 1 aliphatic carbocycles. The number of halogens is 1. The molecule has 1 fully saturated rings. The number of hydrogen-bond donors (Lipinski definition) is 2. The molecular formula is C14H14BrN3O. The van der Waals surface area contributed by atoms with Gasteiger partial charge in [-0.15, -0.1) is 0 Å². The third-order valence-electron chi connectivity index (χ3n) is 3.16. The highest BCUT2D eigenvalue weighted by Crippen LogP contribution is 2.39. The lowest BCUT2D eigenvalue weighted by Crippen LogP contribution is -2.14. The zero-order chi connectivity index (χ0) is 13.2. The Balaban J connectivity index is 1.59. The minimum Gasteiger partial charge on any atom is -0.309 e. The van der Waals surface area contributed by atoms with Crippen LogP contribution in [0.5, 0.6) is 0 Å². The summed E-state index contributed by atoms with van der Waals surface area (Å²) in [6, 6.07) is 9.66. The second-order valence-corrected chi connectivity index (χ2v) is 5.75. The molecule has 5 heteroatoms. The van der Waals surface area contributed by atoms with Crippen molar-refractivity contribution < 1.29 is 4.79 Å². The maximum Gasteiger partial charge on any atom is 0.229 e. The molecule has 0 spiro atoms. The van der Waals surface area contributed by atoms with E-state index in [9.17, 15) is 4.79 Å². The molecule has 98 valence electrons. The zero-order valence-corrected chi connectivity index (χ0v) is 11.9. The number of hydrogen-bond acceptors (Lipinski definition) is 2. The molecule has 3 rings (SSSR count). The van der Waals surface area contributed by atoms with Gasteiger partial charge in [0.25, 0.3) is 0 Å². The molecule has 1 amide bonds. The molecule has 2 N–H and O–H groups in total. The van der Waals surface area contributed by atoms with E-state index in [0.717, 1.165) is 15.7 Å². The Morgan fingerprint density at radius 1 is 1.37 bits per heavy atom. The first-order chi connectivity index (χ1) is 9.20. The number of nitrogens with one attached hydrogen (secondary N) is 2. The maximum absolute atomic E-state index is 11.9. The monoisotopic (exact) mass is 319 g/mol. The van der Waals surface area contributed by atoms with Crippen molar-refractivity contribution in [3.8, 4) is 0 Å². The van der Waals surface area contributed by atoms with E-state index in [0.29, 0.717) is 18.2 Å². The molecule has 1 aliphatic rings. The maximum atomic E-state index is 11.9. The molecule has 4 nitrogen and oxygen atoms in total. The summed E-state index contributed by atoms with van der Waals surface area (Å²) in [5.41, 5.74) is 2.11. The lowest BCUT2D eigenvalue weighted by atomic mass is 10.1. The minimum atomic E-state index is -0.0452. The Hall–Kier alpha value is -1.62. The second-order valence-electron chi connectivity index (χ2n) is 4.83. The molecule has 1 aromatic heterocycles. The van der Waals surface area contributed by atoms with Crippen LogP contribution in [0.4, 0.5) is 5.82 Å². The van der Waals surface area contributed by atoms with E-state index in [2.05, 4.69) is 31.4 Å². The minimum absolute atomic E-state index is 0.0452. The van der Waals surface area contributed by atoms with Crippen molar-refractivity contribution >= 4 is 27.7 Å².